The van der Waals surface area contributed by atoms with Crippen molar-refractivity contribution in [2.45, 2.75) is 12.5 Å². The predicted octanol–water partition coefficient (Wildman–Crippen LogP) is 2.87. The molecule has 0 unspecified atom stereocenters. The minimum absolute atomic E-state index is 0.0331. The molecule has 8 nitrogen and oxygen atoms in total. The number of benzene rings is 2. The molecule has 3 aromatic rings. The van der Waals surface area contributed by atoms with Gasteiger partial charge in [0.2, 0.25) is 15.9 Å². The number of halogens is 1. The zero-order valence-corrected chi connectivity index (χ0v) is 19.7. The molecular formula is C24H22ClN5O3S. The molecule has 0 bridgehead atoms. The number of carbonyl (C=O) groups excluding carboxylic acids is 1. The Kier molecular flexibility index (Phi) is 5.78. The molecule has 1 aromatic heterocycles. The van der Waals surface area contributed by atoms with E-state index in [9.17, 15) is 18.5 Å². The van der Waals surface area contributed by atoms with Crippen molar-refractivity contribution in [3.63, 3.8) is 0 Å². The Morgan fingerprint density at radius 2 is 2.06 bits per heavy atom. The number of hydrogen-bond acceptors (Lipinski definition) is 6. The van der Waals surface area contributed by atoms with Gasteiger partial charge in [-0.2, -0.15) is 9.57 Å². The van der Waals surface area contributed by atoms with Gasteiger partial charge in [-0.15, -0.1) is 0 Å². The van der Waals surface area contributed by atoms with Crippen LogP contribution in [0.15, 0.2) is 54.9 Å². The lowest BCUT2D eigenvalue weighted by Gasteiger charge is -2.39. The Morgan fingerprint density at radius 3 is 2.79 bits per heavy atom. The molecule has 174 valence electrons. The number of amides is 1. The van der Waals surface area contributed by atoms with Crippen molar-refractivity contribution in [2.24, 2.45) is 5.41 Å². The summed E-state index contributed by atoms with van der Waals surface area (Å²) in [5.74, 6) is -1.40. The maximum absolute atomic E-state index is 13.5. The van der Waals surface area contributed by atoms with Gasteiger partial charge in [0.15, 0.2) is 0 Å². The first-order valence-electron chi connectivity index (χ1n) is 10.8. The summed E-state index contributed by atoms with van der Waals surface area (Å²) in [5.41, 5.74) is 1.03. The highest BCUT2D eigenvalue weighted by atomic mass is 35.5. The second-order valence-corrected chi connectivity index (χ2v) is 11.2. The van der Waals surface area contributed by atoms with Crippen molar-refractivity contribution in [1.29, 1.82) is 5.26 Å². The van der Waals surface area contributed by atoms with E-state index in [0.717, 1.165) is 10.8 Å². The Morgan fingerprint density at radius 1 is 1.26 bits per heavy atom. The number of anilines is 1. The molecule has 2 aliphatic rings. The number of rotatable bonds is 5. The van der Waals surface area contributed by atoms with Crippen LogP contribution in [0.1, 0.15) is 17.0 Å². The van der Waals surface area contributed by atoms with Crippen LogP contribution in [-0.2, 0) is 21.4 Å². The second kappa shape index (κ2) is 8.64. The highest BCUT2D eigenvalue weighted by Crippen LogP contribution is 2.35. The SMILES string of the molecule is N#CC1(CS(=O)(=O)N2Cc3ccc(Cl)cc3[C@H](C(=O)Nc3cncc4ccccc34)C2)CNC1. The van der Waals surface area contributed by atoms with Crippen LogP contribution in [0.3, 0.4) is 0 Å². The first kappa shape index (κ1) is 22.7. The van der Waals surface area contributed by atoms with E-state index in [4.69, 9.17) is 11.6 Å². The van der Waals surface area contributed by atoms with E-state index in [1.807, 2.05) is 24.3 Å². The van der Waals surface area contributed by atoms with Crippen molar-refractivity contribution < 1.29 is 13.2 Å². The standard InChI is InChI=1S/C24H22ClN5O3S/c25-18-6-5-17-10-30(34(32,33)15-24(12-26)13-28-14-24)11-21(20(17)7-18)23(31)29-22-9-27-8-16-3-1-2-4-19(16)22/h1-9,21,28H,10-11,13-15H2,(H,29,31)/t21-/m1/s1. The summed E-state index contributed by atoms with van der Waals surface area (Å²) in [5, 5.41) is 17.6. The average molecular weight is 496 g/mol. The summed E-state index contributed by atoms with van der Waals surface area (Å²) in [7, 11) is -3.80. The molecule has 1 atom stereocenters. The van der Waals surface area contributed by atoms with Crippen molar-refractivity contribution in [2.75, 3.05) is 30.7 Å². The molecule has 0 saturated carbocycles. The minimum atomic E-state index is -3.80. The number of nitrogens with one attached hydrogen (secondary N) is 2. The van der Waals surface area contributed by atoms with Crippen molar-refractivity contribution in [3.8, 4) is 6.07 Å². The molecule has 1 saturated heterocycles. The number of carbonyl (C=O) groups is 1. The quantitative estimate of drug-likeness (QED) is 0.562. The van der Waals surface area contributed by atoms with Crippen LogP contribution in [0.5, 0.6) is 0 Å². The lowest BCUT2D eigenvalue weighted by atomic mass is 9.86. The van der Waals surface area contributed by atoms with E-state index in [2.05, 4.69) is 21.7 Å². The van der Waals surface area contributed by atoms with Gasteiger partial charge in [0.05, 0.1) is 35.0 Å². The topological polar surface area (TPSA) is 115 Å². The number of hydrogen-bond donors (Lipinski definition) is 2. The fraction of sp³-hybridized carbons (Fsp3) is 0.292. The van der Waals surface area contributed by atoms with E-state index in [1.54, 1.807) is 30.6 Å². The average Bonchev–Trinajstić information content (AvgIpc) is 2.81. The van der Waals surface area contributed by atoms with Gasteiger partial charge >= 0.3 is 0 Å². The van der Waals surface area contributed by atoms with Gasteiger partial charge in [-0.1, -0.05) is 41.9 Å². The van der Waals surface area contributed by atoms with Gasteiger partial charge < -0.3 is 10.6 Å². The van der Waals surface area contributed by atoms with E-state index in [-0.39, 0.29) is 24.7 Å². The third-order valence-corrected chi connectivity index (χ3v) is 8.69. The molecule has 5 rings (SSSR count). The molecule has 1 fully saturated rings. The van der Waals surface area contributed by atoms with Crippen molar-refractivity contribution in [1.82, 2.24) is 14.6 Å². The first-order chi connectivity index (χ1) is 16.3. The van der Waals surface area contributed by atoms with Gasteiger partial charge in [0.1, 0.15) is 0 Å². The minimum Gasteiger partial charge on any atom is -0.324 e. The van der Waals surface area contributed by atoms with Crippen LogP contribution in [0.2, 0.25) is 5.02 Å². The third-order valence-electron chi connectivity index (χ3n) is 6.47. The third kappa shape index (κ3) is 4.14. The van der Waals surface area contributed by atoms with E-state index in [1.165, 1.54) is 4.31 Å². The van der Waals surface area contributed by atoms with Crippen LogP contribution >= 0.6 is 11.6 Å². The predicted molar refractivity (Wildman–Crippen MR) is 130 cm³/mol. The smallest absolute Gasteiger partial charge is 0.233 e. The summed E-state index contributed by atoms with van der Waals surface area (Å²) in [4.78, 5) is 17.7. The second-order valence-electron chi connectivity index (χ2n) is 8.84. The highest BCUT2D eigenvalue weighted by molar-refractivity contribution is 7.89. The van der Waals surface area contributed by atoms with Crippen molar-refractivity contribution >= 4 is 44.0 Å². The zero-order valence-electron chi connectivity index (χ0n) is 18.2. The molecule has 1 amide bonds. The Bertz CT molecular complexity index is 1430. The maximum Gasteiger partial charge on any atom is 0.233 e. The number of nitrogens with zero attached hydrogens (tertiary/aromatic N) is 3. The lowest BCUT2D eigenvalue weighted by molar-refractivity contribution is -0.118. The molecular weight excluding hydrogens is 474 g/mol. The van der Waals surface area contributed by atoms with E-state index >= 15 is 0 Å². The Labute approximate surface area is 202 Å². The fourth-order valence-electron chi connectivity index (χ4n) is 4.54. The molecule has 34 heavy (non-hydrogen) atoms. The highest BCUT2D eigenvalue weighted by Gasteiger charge is 2.45. The van der Waals surface area contributed by atoms with Crippen LogP contribution in [-0.4, -0.2) is 49.0 Å². The van der Waals surface area contributed by atoms with Crippen molar-refractivity contribution in [3.05, 3.63) is 71.0 Å². The number of pyridine rings is 1. The first-order valence-corrected chi connectivity index (χ1v) is 12.8. The molecule has 2 N–H and O–H groups in total. The fourth-order valence-corrected chi connectivity index (χ4v) is 6.59. The monoisotopic (exact) mass is 495 g/mol. The summed E-state index contributed by atoms with van der Waals surface area (Å²) < 4.78 is 27.9. The van der Waals surface area contributed by atoms with Gasteiger partial charge in [-0.05, 0) is 23.3 Å². The van der Waals surface area contributed by atoms with E-state index < -0.39 is 21.4 Å². The Hall–Kier alpha value is -3.03. The van der Waals surface area contributed by atoms with Gasteiger partial charge in [-0.25, -0.2) is 8.42 Å². The summed E-state index contributed by atoms with van der Waals surface area (Å²) in [6, 6.07) is 14.9. The molecule has 10 heteroatoms. The van der Waals surface area contributed by atoms with Gasteiger partial charge in [0, 0.05) is 48.2 Å². The van der Waals surface area contributed by atoms with Crippen LogP contribution < -0.4 is 10.6 Å². The summed E-state index contributed by atoms with van der Waals surface area (Å²) in [6.45, 7) is 0.763. The number of aromatic nitrogens is 1. The molecule has 2 aromatic carbocycles. The number of sulfonamides is 1. The molecule has 0 spiro atoms. The summed E-state index contributed by atoms with van der Waals surface area (Å²) >= 11 is 6.23. The maximum atomic E-state index is 13.5. The largest absolute Gasteiger partial charge is 0.324 e. The molecule has 3 heterocycles. The van der Waals surface area contributed by atoms with E-state index in [0.29, 0.717) is 34.9 Å². The van der Waals surface area contributed by atoms with Gasteiger partial charge in [0.25, 0.3) is 0 Å². The number of nitriles is 1. The van der Waals surface area contributed by atoms with Crippen LogP contribution in [0, 0.1) is 16.7 Å². The Balaban J connectivity index is 1.47. The van der Waals surface area contributed by atoms with Crippen LogP contribution in [0.25, 0.3) is 10.8 Å². The normalized spacial score (nSPS) is 19.6. The molecule has 0 aliphatic carbocycles. The lowest BCUT2D eigenvalue weighted by Crippen LogP contribution is -2.58. The molecule has 2 aliphatic heterocycles. The molecule has 0 radical (unpaired) electrons. The van der Waals surface area contributed by atoms with Gasteiger partial charge in [-0.3, -0.25) is 9.78 Å². The zero-order chi connectivity index (χ0) is 23.9. The number of fused-ring (bicyclic) bond motifs is 2. The summed E-state index contributed by atoms with van der Waals surface area (Å²) in [6.07, 6.45) is 3.30. The van der Waals surface area contributed by atoms with Crippen LogP contribution in [0.4, 0.5) is 5.69 Å².